The molecule has 0 aromatic heterocycles. The van der Waals surface area contributed by atoms with Gasteiger partial charge in [-0.3, -0.25) is 4.79 Å². The Morgan fingerprint density at radius 2 is 2.07 bits per heavy atom. The Labute approximate surface area is 90.1 Å². The number of nitrogens with one attached hydrogen (secondary N) is 1. The summed E-state index contributed by atoms with van der Waals surface area (Å²) in [5, 5.41) is 2.50. The average Bonchev–Trinajstić information content (AvgIpc) is 2.19. The minimum Gasteiger partial charge on any atom is -0.355 e. The fourth-order valence-electron chi connectivity index (χ4n) is 1.22. The van der Waals surface area contributed by atoms with Gasteiger partial charge in [0.15, 0.2) is 0 Å². The summed E-state index contributed by atoms with van der Waals surface area (Å²) in [6, 6.07) is 9.90. The molecule has 1 aromatic rings. The Hall–Kier alpha value is -0.960. The van der Waals surface area contributed by atoms with Gasteiger partial charge in [-0.15, -0.1) is 0 Å². The van der Waals surface area contributed by atoms with Gasteiger partial charge in [-0.1, -0.05) is 30.3 Å². The number of hydrogen-bond acceptors (Lipinski definition) is 2. The van der Waals surface area contributed by atoms with Crippen molar-refractivity contribution in [3.05, 3.63) is 35.9 Å². The summed E-state index contributed by atoms with van der Waals surface area (Å²) < 4.78 is 0. The summed E-state index contributed by atoms with van der Waals surface area (Å²) in [6.07, 6.45) is 0.676. The fourth-order valence-corrected chi connectivity index (χ4v) is 1.52. The van der Waals surface area contributed by atoms with E-state index >= 15 is 0 Å². The Morgan fingerprint density at radius 1 is 1.43 bits per heavy atom. The number of thiol groups is 1. The molecule has 14 heavy (non-hydrogen) atoms. The van der Waals surface area contributed by atoms with E-state index < -0.39 is 0 Å². The fraction of sp³-hybridized carbons (Fsp3) is 0.364. The summed E-state index contributed by atoms with van der Waals surface area (Å²) in [5.41, 5.74) is 1.14. The van der Waals surface area contributed by atoms with E-state index in [4.69, 9.17) is 0 Å². The lowest BCUT2D eigenvalue weighted by Gasteiger charge is -2.09. The van der Waals surface area contributed by atoms with Crippen LogP contribution in [0.2, 0.25) is 0 Å². The van der Waals surface area contributed by atoms with Crippen LogP contribution in [0.4, 0.5) is 0 Å². The maximum absolute atomic E-state index is 11.4. The number of amides is 1. The lowest BCUT2D eigenvalue weighted by Crippen LogP contribution is -2.32. The molecule has 0 saturated carbocycles. The highest BCUT2D eigenvalue weighted by atomic mass is 32.1. The zero-order chi connectivity index (χ0) is 10.4. The lowest BCUT2D eigenvalue weighted by atomic mass is 10.1. The lowest BCUT2D eigenvalue weighted by molar-refractivity contribution is -0.120. The van der Waals surface area contributed by atoms with E-state index in [9.17, 15) is 4.79 Å². The summed E-state index contributed by atoms with van der Waals surface area (Å²) in [6.45, 7) is 2.56. The van der Waals surface area contributed by atoms with Crippen molar-refractivity contribution < 1.29 is 4.79 Å². The first-order valence-electron chi connectivity index (χ1n) is 4.73. The van der Waals surface area contributed by atoms with Crippen LogP contribution in [0.1, 0.15) is 12.5 Å². The van der Waals surface area contributed by atoms with Gasteiger partial charge in [0.05, 0.1) is 5.25 Å². The molecule has 1 N–H and O–H groups in total. The van der Waals surface area contributed by atoms with Crippen LogP contribution in [0.3, 0.4) is 0 Å². The van der Waals surface area contributed by atoms with Crippen LogP contribution in [-0.2, 0) is 11.2 Å². The van der Waals surface area contributed by atoms with Gasteiger partial charge >= 0.3 is 0 Å². The number of carbonyl (C=O) groups excluding carboxylic acids is 1. The van der Waals surface area contributed by atoms with Gasteiger partial charge in [-0.2, -0.15) is 12.6 Å². The van der Waals surface area contributed by atoms with Crippen LogP contribution in [-0.4, -0.2) is 17.7 Å². The average molecular weight is 209 g/mol. The molecule has 0 radical (unpaired) electrons. The van der Waals surface area contributed by atoms with Gasteiger partial charge in [-0.05, 0) is 18.9 Å². The molecule has 0 aliphatic heterocycles. The van der Waals surface area contributed by atoms with Crippen molar-refractivity contribution >= 4 is 18.5 Å². The molecular weight excluding hydrogens is 194 g/mol. The summed E-state index contributed by atoms with van der Waals surface area (Å²) >= 11 is 4.26. The Kier molecular flexibility index (Phi) is 4.53. The molecule has 1 rings (SSSR count). The third-order valence-electron chi connectivity index (χ3n) is 1.93. The van der Waals surface area contributed by atoms with Crippen LogP contribution in [0.5, 0.6) is 0 Å². The Bertz CT molecular complexity index is 287. The highest BCUT2D eigenvalue weighted by Gasteiger charge is 2.12. The molecule has 1 aromatic carbocycles. The van der Waals surface area contributed by atoms with Gasteiger partial charge in [-0.25, -0.2) is 0 Å². The molecular formula is C11H15NOS. The molecule has 0 bridgehead atoms. The first kappa shape index (κ1) is 11.1. The minimum atomic E-state index is -0.252. The predicted octanol–water partition coefficient (Wildman–Crippen LogP) is 1.66. The van der Waals surface area contributed by atoms with Crippen LogP contribution in [0.25, 0.3) is 0 Å². The van der Waals surface area contributed by atoms with Crippen LogP contribution in [0.15, 0.2) is 30.3 Å². The summed E-state index contributed by atoms with van der Waals surface area (Å²) in [7, 11) is 0. The molecule has 0 saturated heterocycles. The third-order valence-corrected chi connectivity index (χ3v) is 2.34. The van der Waals surface area contributed by atoms with Crippen molar-refractivity contribution in [2.45, 2.75) is 18.6 Å². The molecule has 0 spiro atoms. The summed E-state index contributed by atoms with van der Waals surface area (Å²) in [4.78, 5) is 11.4. The quantitative estimate of drug-likeness (QED) is 0.726. The standard InChI is InChI=1S/C11H15NOS/c1-2-12-11(13)10(14)8-9-6-4-3-5-7-9/h3-7,10,14H,2,8H2,1H3,(H,12,13). The Morgan fingerprint density at radius 3 is 2.64 bits per heavy atom. The van der Waals surface area contributed by atoms with Crippen LogP contribution < -0.4 is 5.32 Å². The van der Waals surface area contributed by atoms with Gasteiger partial charge in [0, 0.05) is 6.54 Å². The highest BCUT2D eigenvalue weighted by Crippen LogP contribution is 2.07. The molecule has 76 valence electrons. The molecule has 2 nitrogen and oxygen atoms in total. The Balaban J connectivity index is 2.49. The molecule has 1 unspecified atom stereocenters. The van der Waals surface area contributed by atoms with Crippen molar-refractivity contribution in [3.63, 3.8) is 0 Å². The van der Waals surface area contributed by atoms with Crippen LogP contribution in [0, 0.1) is 0 Å². The SMILES string of the molecule is CCNC(=O)C(S)Cc1ccccc1. The van der Waals surface area contributed by atoms with Crippen molar-refractivity contribution in [2.75, 3.05) is 6.54 Å². The van der Waals surface area contributed by atoms with E-state index in [1.807, 2.05) is 37.3 Å². The van der Waals surface area contributed by atoms with Crippen molar-refractivity contribution in [1.82, 2.24) is 5.32 Å². The predicted molar refractivity (Wildman–Crippen MR) is 61.6 cm³/mol. The second-order valence-corrected chi connectivity index (χ2v) is 3.72. The number of benzene rings is 1. The monoisotopic (exact) mass is 209 g/mol. The smallest absolute Gasteiger partial charge is 0.233 e. The molecule has 3 heteroatoms. The van der Waals surface area contributed by atoms with Crippen molar-refractivity contribution in [2.24, 2.45) is 0 Å². The van der Waals surface area contributed by atoms with E-state index in [2.05, 4.69) is 17.9 Å². The second kappa shape index (κ2) is 5.70. The molecule has 1 atom stereocenters. The minimum absolute atomic E-state index is 0.000290. The van der Waals surface area contributed by atoms with Gasteiger partial charge in [0.25, 0.3) is 0 Å². The maximum atomic E-state index is 11.4. The maximum Gasteiger partial charge on any atom is 0.233 e. The van der Waals surface area contributed by atoms with Gasteiger partial charge in [0.2, 0.25) is 5.91 Å². The topological polar surface area (TPSA) is 29.1 Å². The largest absolute Gasteiger partial charge is 0.355 e. The van der Waals surface area contributed by atoms with E-state index in [1.54, 1.807) is 0 Å². The van der Waals surface area contributed by atoms with Gasteiger partial charge < -0.3 is 5.32 Å². The van der Waals surface area contributed by atoms with Crippen molar-refractivity contribution in [1.29, 1.82) is 0 Å². The zero-order valence-electron chi connectivity index (χ0n) is 8.23. The summed E-state index contributed by atoms with van der Waals surface area (Å²) in [5.74, 6) is -0.000290. The number of carbonyl (C=O) groups is 1. The molecule has 1 amide bonds. The first-order valence-corrected chi connectivity index (χ1v) is 5.25. The second-order valence-electron chi connectivity index (χ2n) is 3.10. The highest BCUT2D eigenvalue weighted by molar-refractivity contribution is 7.81. The van der Waals surface area contributed by atoms with Gasteiger partial charge in [0.1, 0.15) is 0 Å². The molecule has 0 aliphatic carbocycles. The van der Waals surface area contributed by atoms with E-state index in [0.29, 0.717) is 13.0 Å². The number of rotatable bonds is 4. The first-order chi connectivity index (χ1) is 6.74. The zero-order valence-corrected chi connectivity index (χ0v) is 9.13. The molecule has 0 heterocycles. The number of hydrogen-bond donors (Lipinski definition) is 2. The van der Waals surface area contributed by atoms with Crippen molar-refractivity contribution in [3.8, 4) is 0 Å². The normalized spacial score (nSPS) is 12.1. The van der Waals surface area contributed by atoms with E-state index in [1.165, 1.54) is 0 Å². The molecule has 0 fully saturated rings. The third kappa shape index (κ3) is 3.42. The van der Waals surface area contributed by atoms with E-state index in [0.717, 1.165) is 5.56 Å². The molecule has 0 aliphatic rings. The van der Waals surface area contributed by atoms with E-state index in [-0.39, 0.29) is 11.2 Å². The van der Waals surface area contributed by atoms with Crippen LogP contribution >= 0.6 is 12.6 Å².